The van der Waals surface area contributed by atoms with E-state index in [1.807, 2.05) is 32.1 Å². The number of hydrogen-bond donors (Lipinski definition) is 1. The molecule has 2 heteroatoms. The fourth-order valence-electron chi connectivity index (χ4n) is 2.68. The average Bonchev–Trinajstić information content (AvgIpc) is 2.55. The molecule has 0 bridgehead atoms. The van der Waals surface area contributed by atoms with Crippen LogP contribution in [0.4, 0.5) is 0 Å². The summed E-state index contributed by atoms with van der Waals surface area (Å²) in [7, 11) is 0. The van der Waals surface area contributed by atoms with E-state index in [0.717, 1.165) is 18.7 Å². The van der Waals surface area contributed by atoms with Gasteiger partial charge in [0, 0.05) is 19.1 Å². The zero-order valence-corrected chi connectivity index (χ0v) is 14.3. The van der Waals surface area contributed by atoms with Gasteiger partial charge >= 0.3 is 0 Å². The van der Waals surface area contributed by atoms with Gasteiger partial charge in [-0.1, -0.05) is 72.3 Å². The number of hydrogen-bond acceptors (Lipinski definition) is 2. The van der Waals surface area contributed by atoms with Gasteiger partial charge in [-0.25, -0.2) is 0 Å². The first kappa shape index (κ1) is 17.5. The lowest BCUT2D eigenvalue weighted by Crippen LogP contribution is -2.40. The summed E-state index contributed by atoms with van der Waals surface area (Å²) in [4.78, 5) is 2.33. The van der Waals surface area contributed by atoms with Crippen molar-refractivity contribution in [1.29, 1.82) is 0 Å². The Balaban J connectivity index is 2.18. The quantitative estimate of drug-likeness (QED) is 0.766. The van der Waals surface area contributed by atoms with E-state index < -0.39 is 6.10 Å². The maximum Gasteiger partial charge on any atom is 0.0876 e. The van der Waals surface area contributed by atoms with Crippen molar-refractivity contribution >= 4 is 0 Å². The minimum atomic E-state index is -0.465. The van der Waals surface area contributed by atoms with Gasteiger partial charge in [-0.3, -0.25) is 4.90 Å². The molecule has 2 atom stereocenters. The molecule has 2 aromatic carbocycles. The number of nitrogens with zero attached hydrogens (tertiary/aromatic N) is 1. The molecule has 0 radical (unpaired) electrons. The maximum absolute atomic E-state index is 10.5. The van der Waals surface area contributed by atoms with E-state index in [1.165, 1.54) is 11.1 Å². The van der Waals surface area contributed by atoms with Crippen LogP contribution in [0.15, 0.2) is 72.3 Å². The molecule has 23 heavy (non-hydrogen) atoms. The van der Waals surface area contributed by atoms with Crippen LogP contribution in [0.1, 0.15) is 31.9 Å². The Hall–Kier alpha value is -1.90. The molecule has 0 aromatic heterocycles. The SMILES string of the molecule is CC(C)=CC(O)C(C)N(Cc1ccccc1)Cc1ccccc1. The van der Waals surface area contributed by atoms with E-state index in [-0.39, 0.29) is 6.04 Å². The Bertz CT molecular complexity index is 561. The molecule has 0 saturated carbocycles. The number of aliphatic hydroxyl groups excluding tert-OH is 1. The summed E-state index contributed by atoms with van der Waals surface area (Å²) in [6.45, 7) is 7.79. The summed E-state index contributed by atoms with van der Waals surface area (Å²) < 4.78 is 0. The minimum Gasteiger partial charge on any atom is -0.387 e. The number of aliphatic hydroxyl groups is 1. The number of allylic oxidation sites excluding steroid dienone is 1. The smallest absolute Gasteiger partial charge is 0.0876 e. The average molecular weight is 309 g/mol. The molecule has 2 rings (SSSR count). The third-order valence-corrected chi connectivity index (χ3v) is 4.03. The van der Waals surface area contributed by atoms with Crippen molar-refractivity contribution in [1.82, 2.24) is 4.90 Å². The van der Waals surface area contributed by atoms with Crippen LogP contribution in [0.3, 0.4) is 0 Å². The third-order valence-electron chi connectivity index (χ3n) is 4.03. The molecular weight excluding hydrogens is 282 g/mol. The van der Waals surface area contributed by atoms with Crippen molar-refractivity contribution in [3.63, 3.8) is 0 Å². The molecule has 0 aliphatic rings. The van der Waals surface area contributed by atoms with Gasteiger partial charge in [-0.15, -0.1) is 0 Å². The van der Waals surface area contributed by atoms with E-state index in [2.05, 4.69) is 60.4 Å². The molecule has 0 fully saturated rings. The number of rotatable bonds is 7. The van der Waals surface area contributed by atoms with Crippen molar-refractivity contribution in [2.45, 2.75) is 46.0 Å². The van der Waals surface area contributed by atoms with Crippen molar-refractivity contribution in [3.05, 3.63) is 83.4 Å². The minimum absolute atomic E-state index is 0.0466. The lowest BCUT2D eigenvalue weighted by Gasteiger charge is -2.31. The fourth-order valence-corrected chi connectivity index (χ4v) is 2.68. The number of benzene rings is 2. The van der Waals surface area contributed by atoms with Crippen LogP contribution >= 0.6 is 0 Å². The van der Waals surface area contributed by atoms with E-state index in [4.69, 9.17) is 0 Å². The Morgan fingerprint density at radius 3 is 1.74 bits per heavy atom. The Morgan fingerprint density at radius 1 is 0.913 bits per heavy atom. The van der Waals surface area contributed by atoms with Crippen LogP contribution in [0.25, 0.3) is 0 Å². The molecule has 0 aliphatic carbocycles. The molecule has 2 nitrogen and oxygen atoms in total. The van der Waals surface area contributed by atoms with Gasteiger partial charge in [0.25, 0.3) is 0 Å². The molecule has 0 aliphatic heterocycles. The second kappa shape index (κ2) is 8.66. The van der Waals surface area contributed by atoms with Crippen LogP contribution in [0.2, 0.25) is 0 Å². The van der Waals surface area contributed by atoms with E-state index in [0.29, 0.717) is 0 Å². The second-order valence-electron chi connectivity index (χ2n) is 6.35. The predicted octanol–water partition coefficient (Wildman–Crippen LogP) is 4.40. The van der Waals surface area contributed by atoms with Gasteiger partial charge in [-0.05, 0) is 31.9 Å². The highest BCUT2D eigenvalue weighted by Crippen LogP contribution is 2.16. The van der Waals surface area contributed by atoms with Gasteiger partial charge in [-0.2, -0.15) is 0 Å². The Morgan fingerprint density at radius 2 is 1.35 bits per heavy atom. The van der Waals surface area contributed by atoms with Crippen LogP contribution in [0.5, 0.6) is 0 Å². The summed E-state index contributed by atoms with van der Waals surface area (Å²) in [5.41, 5.74) is 3.67. The highest BCUT2D eigenvalue weighted by Gasteiger charge is 2.20. The molecular formula is C21H27NO. The zero-order valence-electron chi connectivity index (χ0n) is 14.3. The first-order valence-electron chi connectivity index (χ1n) is 8.21. The van der Waals surface area contributed by atoms with E-state index in [1.54, 1.807) is 0 Å². The van der Waals surface area contributed by atoms with Crippen molar-refractivity contribution in [3.8, 4) is 0 Å². The Kier molecular flexibility index (Phi) is 6.57. The standard InChI is InChI=1S/C21H27NO/c1-17(2)14-21(23)18(3)22(15-19-10-6-4-7-11-19)16-20-12-8-5-9-13-20/h4-14,18,21,23H,15-16H2,1-3H3. The summed E-state index contributed by atoms with van der Waals surface area (Å²) >= 11 is 0. The maximum atomic E-state index is 10.5. The largest absolute Gasteiger partial charge is 0.387 e. The molecule has 2 unspecified atom stereocenters. The van der Waals surface area contributed by atoms with Gasteiger partial charge in [0.1, 0.15) is 0 Å². The van der Waals surface area contributed by atoms with Gasteiger partial charge in [0.15, 0.2) is 0 Å². The molecule has 0 saturated heterocycles. The summed E-state index contributed by atoms with van der Waals surface area (Å²) in [5, 5.41) is 10.5. The first-order valence-corrected chi connectivity index (χ1v) is 8.21. The van der Waals surface area contributed by atoms with Gasteiger partial charge in [0.05, 0.1) is 6.10 Å². The first-order chi connectivity index (χ1) is 11.1. The van der Waals surface area contributed by atoms with Crippen LogP contribution in [-0.4, -0.2) is 22.2 Å². The second-order valence-corrected chi connectivity index (χ2v) is 6.35. The van der Waals surface area contributed by atoms with Gasteiger partial charge < -0.3 is 5.11 Å². The van der Waals surface area contributed by atoms with Crippen molar-refractivity contribution in [2.75, 3.05) is 0 Å². The summed E-state index contributed by atoms with van der Waals surface area (Å²) in [5.74, 6) is 0. The van der Waals surface area contributed by atoms with Crippen molar-refractivity contribution < 1.29 is 5.11 Å². The van der Waals surface area contributed by atoms with E-state index >= 15 is 0 Å². The monoisotopic (exact) mass is 309 g/mol. The molecule has 0 spiro atoms. The molecule has 0 heterocycles. The summed E-state index contributed by atoms with van der Waals surface area (Å²) in [6, 6.07) is 20.9. The lowest BCUT2D eigenvalue weighted by molar-refractivity contribution is 0.0776. The lowest BCUT2D eigenvalue weighted by atomic mass is 10.1. The normalized spacial score (nSPS) is 13.6. The van der Waals surface area contributed by atoms with Crippen LogP contribution in [-0.2, 0) is 13.1 Å². The highest BCUT2D eigenvalue weighted by molar-refractivity contribution is 5.17. The summed E-state index contributed by atoms with van der Waals surface area (Å²) in [6.07, 6.45) is 1.47. The van der Waals surface area contributed by atoms with Gasteiger partial charge in [0.2, 0.25) is 0 Å². The molecule has 2 aromatic rings. The molecule has 1 N–H and O–H groups in total. The van der Waals surface area contributed by atoms with Crippen LogP contribution < -0.4 is 0 Å². The van der Waals surface area contributed by atoms with Crippen LogP contribution in [0, 0.1) is 0 Å². The highest BCUT2D eigenvalue weighted by atomic mass is 16.3. The zero-order chi connectivity index (χ0) is 16.7. The van der Waals surface area contributed by atoms with Crippen molar-refractivity contribution in [2.24, 2.45) is 0 Å². The third kappa shape index (κ3) is 5.66. The predicted molar refractivity (Wildman–Crippen MR) is 97.0 cm³/mol. The molecule has 0 amide bonds. The molecule has 122 valence electrons. The Labute approximate surface area is 140 Å². The van der Waals surface area contributed by atoms with E-state index in [9.17, 15) is 5.11 Å². The topological polar surface area (TPSA) is 23.5 Å². The fraction of sp³-hybridized carbons (Fsp3) is 0.333.